The predicted molar refractivity (Wildman–Crippen MR) is 69.7 cm³/mol. The second kappa shape index (κ2) is 6.28. The van der Waals surface area contributed by atoms with Gasteiger partial charge in [-0.25, -0.2) is 8.78 Å². The number of aliphatic hydroxyl groups is 1. The van der Waals surface area contributed by atoms with Crippen LogP contribution >= 0.6 is 0 Å². The quantitative estimate of drug-likeness (QED) is 0.806. The normalized spacial score (nSPS) is 13.7. The van der Waals surface area contributed by atoms with E-state index in [0.717, 1.165) is 6.42 Å². The van der Waals surface area contributed by atoms with Crippen molar-refractivity contribution >= 4 is 0 Å². The summed E-state index contributed by atoms with van der Waals surface area (Å²) in [5.74, 6) is -2.83. The molecular formula is C15H22F2O. The molecule has 1 nitrogen and oxygen atoms in total. The average molecular weight is 256 g/mol. The standard InChI is InChI=1S/C15H22F2O/c1-4-11(3)9-15(16,17)14-8-6-7-12(10-18)13(14)5-2/h6-8,11,18H,4-5,9-10H2,1-3H3. The third-order valence-corrected chi connectivity index (χ3v) is 3.49. The van der Waals surface area contributed by atoms with E-state index < -0.39 is 5.92 Å². The summed E-state index contributed by atoms with van der Waals surface area (Å²) in [6.45, 7) is 5.43. The molecule has 1 atom stereocenters. The fourth-order valence-electron chi connectivity index (χ4n) is 2.23. The molecule has 0 heterocycles. The average Bonchev–Trinajstić information content (AvgIpc) is 2.36. The minimum atomic E-state index is -2.81. The predicted octanol–water partition coefficient (Wildman–Crippen LogP) is 4.27. The highest BCUT2D eigenvalue weighted by atomic mass is 19.3. The van der Waals surface area contributed by atoms with Crippen LogP contribution in [-0.4, -0.2) is 5.11 Å². The Balaban J connectivity index is 3.14. The van der Waals surface area contributed by atoms with Crippen molar-refractivity contribution in [2.75, 3.05) is 0 Å². The molecule has 0 aliphatic carbocycles. The van der Waals surface area contributed by atoms with Gasteiger partial charge in [0.2, 0.25) is 0 Å². The Bertz CT molecular complexity index is 388. The molecule has 0 amide bonds. The zero-order valence-electron chi connectivity index (χ0n) is 11.3. The first-order valence-corrected chi connectivity index (χ1v) is 6.56. The van der Waals surface area contributed by atoms with Crippen LogP contribution in [0.25, 0.3) is 0 Å². The summed E-state index contributed by atoms with van der Waals surface area (Å²) in [5.41, 5.74) is 1.28. The zero-order chi connectivity index (χ0) is 13.8. The van der Waals surface area contributed by atoms with Crippen LogP contribution in [0, 0.1) is 5.92 Å². The molecule has 1 aromatic rings. The van der Waals surface area contributed by atoms with E-state index >= 15 is 0 Å². The summed E-state index contributed by atoms with van der Waals surface area (Å²) < 4.78 is 28.6. The molecule has 1 N–H and O–H groups in total. The Labute approximate surface area is 108 Å². The highest BCUT2D eigenvalue weighted by molar-refractivity contribution is 5.37. The van der Waals surface area contributed by atoms with E-state index in [1.807, 2.05) is 20.8 Å². The van der Waals surface area contributed by atoms with E-state index in [0.29, 0.717) is 17.5 Å². The molecule has 1 aromatic carbocycles. The van der Waals surface area contributed by atoms with Gasteiger partial charge in [0.15, 0.2) is 0 Å². The molecule has 18 heavy (non-hydrogen) atoms. The molecule has 0 aliphatic heterocycles. The second-order valence-corrected chi connectivity index (χ2v) is 4.88. The first kappa shape index (κ1) is 15.1. The van der Waals surface area contributed by atoms with Gasteiger partial charge in [0.25, 0.3) is 5.92 Å². The molecule has 3 heteroatoms. The van der Waals surface area contributed by atoms with Gasteiger partial charge in [-0.2, -0.15) is 0 Å². The Morgan fingerprint density at radius 3 is 2.44 bits per heavy atom. The van der Waals surface area contributed by atoms with Gasteiger partial charge in [-0.05, 0) is 23.5 Å². The van der Waals surface area contributed by atoms with E-state index in [1.165, 1.54) is 6.07 Å². The molecule has 0 aromatic heterocycles. The van der Waals surface area contributed by atoms with Crippen LogP contribution < -0.4 is 0 Å². The molecule has 1 unspecified atom stereocenters. The molecule has 0 saturated heterocycles. The maximum absolute atomic E-state index is 14.3. The van der Waals surface area contributed by atoms with Crippen LogP contribution in [0.15, 0.2) is 18.2 Å². The monoisotopic (exact) mass is 256 g/mol. The SMILES string of the molecule is CCc1c(CO)cccc1C(F)(F)CC(C)CC. The number of hydrogen-bond acceptors (Lipinski definition) is 1. The third kappa shape index (κ3) is 3.29. The number of halogens is 2. The molecule has 0 fully saturated rings. The van der Waals surface area contributed by atoms with Gasteiger partial charge in [-0.15, -0.1) is 0 Å². The summed E-state index contributed by atoms with van der Waals surface area (Å²) in [5, 5.41) is 9.22. The van der Waals surface area contributed by atoms with Crippen molar-refractivity contribution in [2.24, 2.45) is 5.92 Å². The van der Waals surface area contributed by atoms with Crippen LogP contribution in [0.5, 0.6) is 0 Å². The minimum Gasteiger partial charge on any atom is -0.392 e. The van der Waals surface area contributed by atoms with Crippen molar-refractivity contribution in [3.05, 3.63) is 34.9 Å². The van der Waals surface area contributed by atoms with Gasteiger partial charge in [0.1, 0.15) is 0 Å². The molecule has 102 valence electrons. The first-order chi connectivity index (χ1) is 8.46. The van der Waals surface area contributed by atoms with Gasteiger partial charge in [-0.1, -0.05) is 45.4 Å². The van der Waals surface area contributed by atoms with Crippen molar-refractivity contribution in [2.45, 2.75) is 52.6 Å². The lowest BCUT2D eigenvalue weighted by atomic mass is 9.89. The first-order valence-electron chi connectivity index (χ1n) is 6.56. The Kier molecular flexibility index (Phi) is 5.27. The second-order valence-electron chi connectivity index (χ2n) is 4.88. The van der Waals surface area contributed by atoms with Crippen LogP contribution in [0.4, 0.5) is 8.78 Å². The van der Waals surface area contributed by atoms with E-state index in [9.17, 15) is 13.9 Å². The van der Waals surface area contributed by atoms with Crippen molar-refractivity contribution < 1.29 is 13.9 Å². The number of benzene rings is 1. The van der Waals surface area contributed by atoms with E-state index in [-0.39, 0.29) is 24.5 Å². The summed E-state index contributed by atoms with van der Waals surface area (Å²) in [6.07, 6.45) is 1.13. The highest BCUT2D eigenvalue weighted by Crippen LogP contribution is 2.38. The Morgan fingerprint density at radius 1 is 1.28 bits per heavy atom. The van der Waals surface area contributed by atoms with Crippen molar-refractivity contribution in [1.29, 1.82) is 0 Å². The van der Waals surface area contributed by atoms with E-state index in [1.54, 1.807) is 12.1 Å². The number of aliphatic hydroxyl groups excluding tert-OH is 1. The van der Waals surface area contributed by atoms with Gasteiger partial charge in [0.05, 0.1) is 6.61 Å². The van der Waals surface area contributed by atoms with Crippen molar-refractivity contribution in [3.8, 4) is 0 Å². The van der Waals surface area contributed by atoms with Crippen LogP contribution in [0.2, 0.25) is 0 Å². The largest absolute Gasteiger partial charge is 0.392 e. The smallest absolute Gasteiger partial charge is 0.273 e. The molecular weight excluding hydrogens is 234 g/mol. The molecule has 0 saturated carbocycles. The molecule has 0 aliphatic rings. The topological polar surface area (TPSA) is 20.2 Å². The highest BCUT2D eigenvalue weighted by Gasteiger charge is 2.35. The van der Waals surface area contributed by atoms with Crippen LogP contribution in [0.3, 0.4) is 0 Å². The lowest BCUT2D eigenvalue weighted by molar-refractivity contribution is -0.0282. The van der Waals surface area contributed by atoms with E-state index in [2.05, 4.69) is 0 Å². The Hall–Kier alpha value is -0.960. The Morgan fingerprint density at radius 2 is 1.94 bits per heavy atom. The van der Waals surface area contributed by atoms with E-state index in [4.69, 9.17) is 0 Å². The van der Waals surface area contributed by atoms with Crippen molar-refractivity contribution in [3.63, 3.8) is 0 Å². The molecule has 0 bridgehead atoms. The van der Waals surface area contributed by atoms with Gasteiger partial charge in [0, 0.05) is 12.0 Å². The maximum atomic E-state index is 14.3. The summed E-state index contributed by atoms with van der Waals surface area (Å²) in [4.78, 5) is 0. The maximum Gasteiger partial charge on any atom is 0.273 e. The lowest BCUT2D eigenvalue weighted by Crippen LogP contribution is -2.20. The summed E-state index contributed by atoms with van der Waals surface area (Å²) in [7, 11) is 0. The number of hydrogen-bond donors (Lipinski definition) is 1. The molecule has 1 rings (SSSR count). The summed E-state index contributed by atoms with van der Waals surface area (Å²) >= 11 is 0. The minimum absolute atomic E-state index is 0.0116. The van der Waals surface area contributed by atoms with Gasteiger partial charge < -0.3 is 5.11 Å². The third-order valence-electron chi connectivity index (χ3n) is 3.49. The van der Waals surface area contributed by atoms with Crippen LogP contribution in [0.1, 0.15) is 50.3 Å². The number of rotatable bonds is 6. The molecule has 0 radical (unpaired) electrons. The van der Waals surface area contributed by atoms with Gasteiger partial charge in [-0.3, -0.25) is 0 Å². The molecule has 0 spiro atoms. The van der Waals surface area contributed by atoms with Gasteiger partial charge >= 0.3 is 0 Å². The zero-order valence-corrected chi connectivity index (χ0v) is 11.3. The fourth-order valence-corrected chi connectivity index (χ4v) is 2.23. The summed E-state index contributed by atoms with van der Waals surface area (Å²) in [6, 6.07) is 4.80. The number of alkyl halides is 2. The fraction of sp³-hybridized carbons (Fsp3) is 0.600. The van der Waals surface area contributed by atoms with Crippen LogP contribution in [-0.2, 0) is 19.0 Å². The van der Waals surface area contributed by atoms with Crippen molar-refractivity contribution in [1.82, 2.24) is 0 Å². The lowest BCUT2D eigenvalue weighted by Gasteiger charge is -2.24.